The van der Waals surface area contributed by atoms with Crippen LogP contribution in [0.15, 0.2) is 82.6 Å². The first-order valence-corrected chi connectivity index (χ1v) is 8.81. The normalized spacial score (nSPS) is 11.1. The van der Waals surface area contributed by atoms with E-state index in [1.165, 1.54) is 0 Å². The number of hydrogen-bond acceptors (Lipinski definition) is 5. The number of fused-ring (bicyclic) bond motifs is 1. The van der Waals surface area contributed by atoms with E-state index in [4.69, 9.17) is 0 Å². The molecule has 0 aliphatic carbocycles. The summed E-state index contributed by atoms with van der Waals surface area (Å²) in [6.07, 6.45) is 5.19. The number of benzene rings is 2. The molecular weight excluding hydrogens is 390 g/mol. The number of para-hydroxylation sites is 1. The van der Waals surface area contributed by atoms with Gasteiger partial charge in [0.2, 0.25) is 0 Å². The first-order chi connectivity index (χ1) is 12.8. The Kier molecular flexibility index (Phi) is 4.66. The fourth-order valence-corrected chi connectivity index (χ4v) is 2.77. The van der Waals surface area contributed by atoms with Crippen molar-refractivity contribution in [3.05, 3.63) is 83.1 Å². The molecule has 6 heteroatoms. The predicted molar refractivity (Wildman–Crippen MR) is 108 cm³/mol. The Labute approximate surface area is 159 Å². The molecule has 5 nitrogen and oxygen atoms in total. The topological polar surface area (TPSA) is 63.1 Å². The third-order valence-corrected chi connectivity index (χ3v) is 4.30. The van der Waals surface area contributed by atoms with E-state index in [-0.39, 0.29) is 0 Å². The van der Waals surface area contributed by atoms with Gasteiger partial charge < -0.3 is 0 Å². The van der Waals surface area contributed by atoms with Gasteiger partial charge in [0.25, 0.3) is 0 Å². The summed E-state index contributed by atoms with van der Waals surface area (Å²) < 4.78 is 1.02. The van der Waals surface area contributed by atoms with E-state index in [0.29, 0.717) is 11.6 Å². The van der Waals surface area contributed by atoms with E-state index in [1.807, 2.05) is 60.7 Å². The lowest BCUT2D eigenvalue weighted by atomic mass is 10.2. The average molecular weight is 404 g/mol. The first-order valence-electron chi connectivity index (χ1n) is 8.01. The Morgan fingerprint density at radius 2 is 1.77 bits per heavy atom. The zero-order valence-electron chi connectivity index (χ0n) is 13.7. The van der Waals surface area contributed by atoms with Gasteiger partial charge in [-0.1, -0.05) is 46.3 Å². The van der Waals surface area contributed by atoms with Crippen LogP contribution in [0.3, 0.4) is 0 Å². The molecule has 0 saturated carbocycles. The molecule has 4 aromatic rings. The highest BCUT2D eigenvalue weighted by Gasteiger charge is 2.08. The maximum Gasteiger partial charge on any atom is 0.162 e. The van der Waals surface area contributed by atoms with E-state index in [1.54, 1.807) is 18.6 Å². The Hall–Kier alpha value is -3.12. The van der Waals surface area contributed by atoms with Gasteiger partial charge in [0.05, 0.1) is 11.7 Å². The standard InChI is InChI=1S/C20H14BrN5/c21-16-9-7-15(8-10-16)19-24-18-6-2-1-5-17(18)20(25-19)26-23-13-14-4-3-11-22-12-14/h1-13H,(H,24,25,26)/b23-13-. The lowest BCUT2D eigenvalue weighted by Gasteiger charge is -2.08. The lowest BCUT2D eigenvalue weighted by molar-refractivity contribution is 1.19. The molecule has 0 radical (unpaired) electrons. The van der Waals surface area contributed by atoms with Crippen molar-refractivity contribution in [3.8, 4) is 11.4 Å². The molecular formula is C20H14BrN5. The van der Waals surface area contributed by atoms with Crippen LogP contribution in [0, 0.1) is 0 Å². The molecule has 0 aliphatic rings. The zero-order chi connectivity index (χ0) is 17.8. The van der Waals surface area contributed by atoms with E-state index < -0.39 is 0 Å². The quantitative estimate of drug-likeness (QED) is 0.388. The van der Waals surface area contributed by atoms with Crippen molar-refractivity contribution in [2.75, 3.05) is 5.43 Å². The smallest absolute Gasteiger partial charge is 0.162 e. The molecule has 0 amide bonds. The molecule has 0 saturated heterocycles. The van der Waals surface area contributed by atoms with Gasteiger partial charge in [-0.25, -0.2) is 9.97 Å². The van der Waals surface area contributed by atoms with Crippen molar-refractivity contribution in [2.24, 2.45) is 5.10 Å². The van der Waals surface area contributed by atoms with Gasteiger partial charge in [-0.3, -0.25) is 10.4 Å². The monoisotopic (exact) mass is 403 g/mol. The minimum Gasteiger partial charge on any atom is -0.264 e. The maximum atomic E-state index is 4.67. The fourth-order valence-electron chi connectivity index (χ4n) is 2.51. The second kappa shape index (κ2) is 7.41. The Morgan fingerprint density at radius 1 is 0.923 bits per heavy atom. The number of rotatable bonds is 4. The summed E-state index contributed by atoms with van der Waals surface area (Å²) in [7, 11) is 0. The van der Waals surface area contributed by atoms with Crippen LogP contribution in [0.4, 0.5) is 5.82 Å². The van der Waals surface area contributed by atoms with Crippen LogP contribution in [0.25, 0.3) is 22.3 Å². The second-order valence-electron chi connectivity index (χ2n) is 5.58. The third-order valence-electron chi connectivity index (χ3n) is 3.77. The molecule has 0 spiro atoms. The van der Waals surface area contributed by atoms with Crippen molar-refractivity contribution in [1.82, 2.24) is 15.0 Å². The third kappa shape index (κ3) is 3.60. The zero-order valence-corrected chi connectivity index (χ0v) is 15.3. The number of hydrazone groups is 1. The largest absolute Gasteiger partial charge is 0.264 e. The van der Waals surface area contributed by atoms with Gasteiger partial charge in [-0.2, -0.15) is 5.10 Å². The highest BCUT2D eigenvalue weighted by molar-refractivity contribution is 9.10. The number of nitrogens with one attached hydrogen (secondary N) is 1. The molecule has 26 heavy (non-hydrogen) atoms. The first kappa shape index (κ1) is 16.4. The Morgan fingerprint density at radius 3 is 2.58 bits per heavy atom. The number of pyridine rings is 1. The molecule has 0 bridgehead atoms. The van der Waals surface area contributed by atoms with Gasteiger partial charge in [0.1, 0.15) is 0 Å². The highest BCUT2D eigenvalue weighted by atomic mass is 79.9. The Bertz CT molecular complexity index is 1060. The second-order valence-corrected chi connectivity index (χ2v) is 6.49. The van der Waals surface area contributed by atoms with Gasteiger partial charge >= 0.3 is 0 Å². The van der Waals surface area contributed by atoms with Crippen LogP contribution in [-0.4, -0.2) is 21.2 Å². The van der Waals surface area contributed by atoms with Gasteiger partial charge in [-0.15, -0.1) is 0 Å². The average Bonchev–Trinajstić information content (AvgIpc) is 2.69. The van der Waals surface area contributed by atoms with E-state index in [9.17, 15) is 0 Å². The minimum absolute atomic E-state index is 0.648. The number of aromatic nitrogens is 3. The summed E-state index contributed by atoms with van der Waals surface area (Å²) in [5.74, 6) is 1.31. The highest BCUT2D eigenvalue weighted by Crippen LogP contribution is 2.25. The molecule has 126 valence electrons. The predicted octanol–water partition coefficient (Wildman–Crippen LogP) is 4.90. The van der Waals surface area contributed by atoms with Gasteiger partial charge in [0.15, 0.2) is 11.6 Å². The molecule has 0 aliphatic heterocycles. The van der Waals surface area contributed by atoms with Crippen molar-refractivity contribution >= 4 is 38.9 Å². The summed E-state index contributed by atoms with van der Waals surface area (Å²) in [4.78, 5) is 13.4. The summed E-state index contributed by atoms with van der Waals surface area (Å²) in [5.41, 5.74) is 5.75. The van der Waals surface area contributed by atoms with E-state index in [0.717, 1.165) is 26.5 Å². The molecule has 2 aromatic heterocycles. The number of hydrogen-bond donors (Lipinski definition) is 1. The van der Waals surface area contributed by atoms with Crippen LogP contribution >= 0.6 is 15.9 Å². The van der Waals surface area contributed by atoms with E-state index >= 15 is 0 Å². The summed E-state index contributed by atoms with van der Waals surface area (Å²) in [6.45, 7) is 0. The van der Waals surface area contributed by atoms with Crippen molar-refractivity contribution in [2.45, 2.75) is 0 Å². The molecule has 2 aromatic carbocycles. The van der Waals surface area contributed by atoms with Crippen LogP contribution in [-0.2, 0) is 0 Å². The summed E-state index contributed by atoms with van der Waals surface area (Å²) in [5, 5.41) is 5.21. The van der Waals surface area contributed by atoms with Crippen LogP contribution in [0.5, 0.6) is 0 Å². The minimum atomic E-state index is 0.648. The summed E-state index contributed by atoms with van der Waals surface area (Å²) in [6, 6.07) is 19.6. The fraction of sp³-hybridized carbons (Fsp3) is 0. The van der Waals surface area contributed by atoms with E-state index in [2.05, 4.69) is 41.4 Å². The number of anilines is 1. The van der Waals surface area contributed by atoms with Crippen LogP contribution in [0.1, 0.15) is 5.56 Å². The molecule has 1 N–H and O–H groups in total. The molecule has 4 rings (SSSR count). The van der Waals surface area contributed by atoms with Crippen molar-refractivity contribution in [1.29, 1.82) is 0 Å². The molecule has 0 fully saturated rings. The van der Waals surface area contributed by atoms with Crippen molar-refractivity contribution in [3.63, 3.8) is 0 Å². The van der Waals surface area contributed by atoms with Crippen LogP contribution < -0.4 is 5.43 Å². The van der Waals surface area contributed by atoms with Gasteiger partial charge in [0, 0.05) is 33.4 Å². The van der Waals surface area contributed by atoms with Crippen molar-refractivity contribution < 1.29 is 0 Å². The maximum absolute atomic E-state index is 4.67. The van der Waals surface area contributed by atoms with Gasteiger partial charge in [-0.05, 0) is 30.3 Å². The molecule has 0 unspecified atom stereocenters. The molecule has 0 atom stereocenters. The SMILES string of the molecule is Brc1ccc(-c2nc(N/N=C\c3cccnc3)c3ccccc3n2)cc1. The van der Waals surface area contributed by atoms with Crippen LogP contribution in [0.2, 0.25) is 0 Å². The summed E-state index contributed by atoms with van der Waals surface area (Å²) >= 11 is 3.45. The number of halogens is 1. The lowest BCUT2D eigenvalue weighted by Crippen LogP contribution is -1.99. The Balaban J connectivity index is 1.72. The number of nitrogens with zero attached hydrogens (tertiary/aromatic N) is 4. The molecule has 2 heterocycles.